The molecule has 0 saturated carbocycles. The fraction of sp³-hybridized carbons (Fsp3) is 0.302. The van der Waals surface area contributed by atoms with Gasteiger partial charge in [0.1, 0.15) is 24.2 Å². The van der Waals surface area contributed by atoms with Crippen molar-refractivity contribution < 1.29 is 8.97 Å². The molecule has 0 spiro atoms. The van der Waals surface area contributed by atoms with Crippen LogP contribution in [0.4, 0.5) is 45.5 Å². The first-order valence-corrected chi connectivity index (χ1v) is 30.5. The Morgan fingerprint density at radius 3 is 0.818 bits per heavy atom. The van der Waals surface area contributed by atoms with E-state index in [2.05, 4.69) is 227 Å². The van der Waals surface area contributed by atoms with Gasteiger partial charge in [0.15, 0.2) is 0 Å². The van der Waals surface area contributed by atoms with Crippen LogP contribution in [0.3, 0.4) is 0 Å². The van der Waals surface area contributed by atoms with Crippen LogP contribution in [0.25, 0.3) is 0 Å². The molecule has 12 rings (SSSR count). The van der Waals surface area contributed by atoms with Gasteiger partial charge in [0, 0.05) is 64.0 Å². The average molecular weight is 1090 g/mol. The van der Waals surface area contributed by atoms with Crippen molar-refractivity contribution in [2.75, 3.05) is 73.0 Å². The van der Waals surface area contributed by atoms with Crippen LogP contribution in [-0.2, 0) is 0 Å². The number of rotatable bonds is 18. The lowest BCUT2D eigenvalue weighted by Gasteiger charge is -2.49. The topological polar surface area (TPSA) is 64.5 Å². The highest BCUT2D eigenvalue weighted by molar-refractivity contribution is 8.00. The maximum Gasteiger partial charge on any atom is 0.104 e. The highest BCUT2D eigenvalue weighted by atomic mass is 32.2. The second-order valence-electron chi connectivity index (χ2n) is 21.7. The van der Waals surface area contributed by atoms with Crippen LogP contribution in [-0.4, -0.2) is 106 Å². The van der Waals surface area contributed by atoms with E-state index in [0.717, 1.165) is 67.5 Å². The molecule has 4 aliphatic rings. The summed E-state index contributed by atoms with van der Waals surface area (Å²) < 4.78 is 1.84. The quantitative estimate of drug-likeness (QED) is 0.0607. The largest absolute Gasteiger partial charge is 0.332 e. The summed E-state index contributed by atoms with van der Waals surface area (Å²) in [5.41, 5.74) is 9.86. The molecule has 4 aromatic carbocycles. The van der Waals surface area contributed by atoms with Gasteiger partial charge in [0.2, 0.25) is 0 Å². The van der Waals surface area contributed by atoms with E-state index >= 15 is 0 Å². The summed E-state index contributed by atoms with van der Waals surface area (Å²) in [6.07, 6.45) is 19.4. The number of benzene rings is 4. The minimum atomic E-state index is 0.281. The number of hydrogen-bond acceptors (Lipinski definition) is 12. The summed E-state index contributed by atoms with van der Waals surface area (Å²) in [5.74, 6) is 0. The third-order valence-electron chi connectivity index (χ3n) is 17.3. The Bertz CT molecular complexity index is 2800. The van der Waals surface area contributed by atoms with Crippen molar-refractivity contribution in [3.63, 3.8) is 0 Å². The lowest BCUT2D eigenvalue weighted by Crippen LogP contribution is -2.63. The standard InChI is InChI=1S/C63H68N10S4/c1-44(40-68-48-18-8-12-22-56(48)74-60-26-30-64-36-52(60)68)72(5,45(2)41-69-49-19-9-13-23-57(49)75-61-27-31-65-37-53(61)69)34-16-7-17-35-73(6,46(3)42-70-50-20-10-14-24-58(50)76-62-28-32-66-38-54(62)70)47(4)43-71-51-21-11-15-25-59(51)77-63-29-33-67-39-55(63)71/h8-15,18-33,36-39,44-47H,7,16-17,34-35,40-43H2,1-6H3/q+2. The predicted molar refractivity (Wildman–Crippen MR) is 321 cm³/mol. The molecule has 0 fully saturated rings. The Balaban J connectivity index is 0.837. The van der Waals surface area contributed by atoms with Gasteiger partial charge in [0.25, 0.3) is 0 Å². The van der Waals surface area contributed by atoms with E-state index in [0.29, 0.717) is 0 Å². The number of fused-ring (bicyclic) bond motifs is 8. The molecule has 77 heavy (non-hydrogen) atoms. The van der Waals surface area contributed by atoms with Gasteiger partial charge in [-0.25, -0.2) is 0 Å². The molecule has 14 heteroatoms. The zero-order chi connectivity index (χ0) is 52.7. The number of anilines is 8. The number of hydrogen-bond donors (Lipinski definition) is 0. The van der Waals surface area contributed by atoms with Crippen molar-refractivity contribution in [1.82, 2.24) is 19.9 Å². The molecule has 0 saturated heterocycles. The number of likely N-dealkylation sites (N-methyl/N-ethyl adjacent to an activating group) is 2. The molecule has 4 aliphatic heterocycles. The van der Waals surface area contributed by atoms with E-state index < -0.39 is 0 Å². The smallest absolute Gasteiger partial charge is 0.104 e. The monoisotopic (exact) mass is 1090 g/mol. The summed E-state index contributed by atoms with van der Waals surface area (Å²) in [4.78, 5) is 39.2. The van der Waals surface area contributed by atoms with Gasteiger partial charge in [0.05, 0.1) is 124 Å². The fourth-order valence-corrected chi connectivity index (χ4v) is 16.4. The first kappa shape index (κ1) is 51.7. The summed E-state index contributed by atoms with van der Waals surface area (Å²) in [7, 11) is 5.10. The van der Waals surface area contributed by atoms with E-state index in [9.17, 15) is 0 Å². The fourth-order valence-electron chi connectivity index (χ4n) is 12.1. The number of aromatic nitrogens is 4. The average Bonchev–Trinajstić information content (AvgIpc) is 3.50. The minimum absolute atomic E-state index is 0.281. The number of nitrogens with zero attached hydrogens (tertiary/aromatic N) is 10. The molecule has 8 aromatic rings. The number of quaternary nitrogens is 2. The van der Waals surface area contributed by atoms with Crippen LogP contribution in [0.5, 0.6) is 0 Å². The summed E-state index contributed by atoms with van der Waals surface area (Å²) in [5, 5.41) is 0. The zero-order valence-corrected chi connectivity index (χ0v) is 48.2. The minimum Gasteiger partial charge on any atom is -0.332 e. The number of pyridine rings is 4. The maximum absolute atomic E-state index is 4.68. The lowest BCUT2D eigenvalue weighted by molar-refractivity contribution is -0.951. The van der Waals surface area contributed by atoms with Crippen LogP contribution in [0.2, 0.25) is 0 Å². The highest BCUT2D eigenvalue weighted by Gasteiger charge is 2.42. The Labute approximate surface area is 472 Å². The van der Waals surface area contributed by atoms with Crippen molar-refractivity contribution in [3.05, 3.63) is 171 Å². The van der Waals surface area contributed by atoms with Crippen molar-refractivity contribution >= 4 is 92.5 Å². The Kier molecular flexibility index (Phi) is 14.8. The number of unbranched alkanes of at least 4 members (excludes halogenated alkanes) is 2. The van der Waals surface area contributed by atoms with Crippen molar-refractivity contribution in [3.8, 4) is 0 Å². The van der Waals surface area contributed by atoms with E-state index in [4.69, 9.17) is 0 Å². The Morgan fingerprint density at radius 1 is 0.325 bits per heavy atom. The molecule has 0 radical (unpaired) electrons. The van der Waals surface area contributed by atoms with E-state index in [1.165, 1.54) is 84.7 Å². The van der Waals surface area contributed by atoms with Crippen molar-refractivity contribution in [1.29, 1.82) is 0 Å². The SMILES string of the molecule is CC(CN1c2ccccc2Sc2ccncc21)[N+](C)(CCCCC[N+](C)(C(C)CN1c2ccccc2Sc2ccncc21)C(C)CN1c2ccccc2Sc2ccncc21)C(C)CN1c2ccccc2Sc2ccncc21. The van der Waals surface area contributed by atoms with Crippen LogP contribution >= 0.6 is 47.0 Å². The molecule has 4 unspecified atom stereocenters. The molecule has 0 N–H and O–H groups in total. The summed E-state index contributed by atoms with van der Waals surface area (Å²) >= 11 is 7.42. The third-order valence-corrected chi connectivity index (χ3v) is 21.8. The second kappa shape index (κ2) is 22.0. The predicted octanol–water partition coefficient (Wildman–Crippen LogP) is 15.4. The molecular formula is C63H68N10S4+2. The zero-order valence-electron chi connectivity index (χ0n) is 44.9. The van der Waals surface area contributed by atoms with Crippen LogP contribution in [0.1, 0.15) is 47.0 Å². The molecule has 4 atom stereocenters. The Hall–Kier alpha value is -6.00. The van der Waals surface area contributed by atoms with Gasteiger partial charge >= 0.3 is 0 Å². The molecule has 392 valence electrons. The van der Waals surface area contributed by atoms with Gasteiger partial charge in [-0.3, -0.25) is 19.9 Å². The maximum atomic E-state index is 4.68. The first-order valence-electron chi connectivity index (χ1n) is 27.2. The van der Waals surface area contributed by atoms with E-state index in [-0.39, 0.29) is 24.2 Å². The number of para-hydroxylation sites is 4. The Morgan fingerprint density at radius 2 is 0.558 bits per heavy atom. The van der Waals surface area contributed by atoms with Crippen LogP contribution in [0.15, 0.2) is 210 Å². The third kappa shape index (κ3) is 9.99. The molecule has 0 aliphatic carbocycles. The van der Waals surface area contributed by atoms with Gasteiger partial charge in [-0.05, 0) is 120 Å². The second-order valence-corrected chi connectivity index (χ2v) is 26.0. The molecule has 8 heterocycles. The summed E-state index contributed by atoms with van der Waals surface area (Å²) in [6, 6.07) is 45.5. The van der Waals surface area contributed by atoms with E-state index in [1.807, 2.05) is 71.8 Å². The molecule has 4 aromatic heterocycles. The van der Waals surface area contributed by atoms with Crippen molar-refractivity contribution in [2.24, 2.45) is 0 Å². The highest BCUT2D eigenvalue weighted by Crippen LogP contribution is 2.52. The normalized spacial score (nSPS) is 17.1. The van der Waals surface area contributed by atoms with Gasteiger partial charge in [-0.15, -0.1) is 0 Å². The van der Waals surface area contributed by atoms with Crippen LogP contribution in [0, 0.1) is 0 Å². The molecule has 10 nitrogen and oxygen atoms in total. The van der Waals surface area contributed by atoms with Gasteiger partial charge < -0.3 is 28.6 Å². The first-order chi connectivity index (χ1) is 37.6. The molecule has 0 bridgehead atoms. The van der Waals surface area contributed by atoms with Gasteiger partial charge in [-0.2, -0.15) is 0 Å². The molecule has 0 amide bonds. The van der Waals surface area contributed by atoms with E-state index in [1.54, 1.807) is 0 Å². The van der Waals surface area contributed by atoms with Crippen molar-refractivity contribution in [2.45, 2.75) is 110 Å². The van der Waals surface area contributed by atoms with Crippen LogP contribution < -0.4 is 19.6 Å². The van der Waals surface area contributed by atoms with Gasteiger partial charge in [-0.1, -0.05) is 95.6 Å². The molecular weight excluding hydrogens is 1030 g/mol. The lowest BCUT2D eigenvalue weighted by atomic mass is 10.0. The summed E-state index contributed by atoms with van der Waals surface area (Å²) in [6.45, 7) is 15.6.